The summed E-state index contributed by atoms with van der Waals surface area (Å²) in [5, 5.41) is 10.1. The van der Waals surface area contributed by atoms with Crippen LogP contribution in [0.1, 0.15) is 41.9 Å². The SMILES string of the molecule is CC(C)(C)c1nc(CCc2ccccc2)sc1CC(=O)O. The number of hydrogen-bond donors (Lipinski definition) is 1. The van der Waals surface area contributed by atoms with Gasteiger partial charge in [0.1, 0.15) is 0 Å². The Morgan fingerprint density at radius 2 is 1.86 bits per heavy atom. The van der Waals surface area contributed by atoms with Crippen LogP contribution in [0.2, 0.25) is 0 Å². The summed E-state index contributed by atoms with van der Waals surface area (Å²) in [5.41, 5.74) is 2.09. The summed E-state index contributed by atoms with van der Waals surface area (Å²) < 4.78 is 0. The highest BCUT2D eigenvalue weighted by atomic mass is 32.1. The Hall–Kier alpha value is -1.68. The lowest BCUT2D eigenvalue weighted by atomic mass is 9.91. The van der Waals surface area contributed by atoms with Crippen molar-refractivity contribution in [2.24, 2.45) is 0 Å². The number of aromatic nitrogens is 1. The lowest BCUT2D eigenvalue weighted by Gasteiger charge is -2.17. The molecule has 0 spiro atoms. The molecule has 0 fully saturated rings. The van der Waals surface area contributed by atoms with Gasteiger partial charge in [0.25, 0.3) is 0 Å². The lowest BCUT2D eigenvalue weighted by Crippen LogP contribution is -2.15. The summed E-state index contributed by atoms with van der Waals surface area (Å²) in [6.07, 6.45) is 1.86. The van der Waals surface area contributed by atoms with Gasteiger partial charge in [0, 0.05) is 16.7 Å². The standard InChI is InChI=1S/C17H21NO2S/c1-17(2,3)16-13(11-15(19)20)21-14(18-16)10-9-12-7-5-4-6-8-12/h4-8H,9-11H2,1-3H3,(H,19,20). The Balaban J connectivity index is 2.17. The number of aryl methyl sites for hydroxylation is 2. The van der Waals surface area contributed by atoms with Gasteiger partial charge in [0.05, 0.1) is 17.1 Å². The molecule has 0 saturated carbocycles. The third-order valence-corrected chi connectivity index (χ3v) is 4.35. The van der Waals surface area contributed by atoms with Crippen molar-refractivity contribution in [3.63, 3.8) is 0 Å². The first-order valence-electron chi connectivity index (χ1n) is 7.11. The highest BCUT2D eigenvalue weighted by Crippen LogP contribution is 2.30. The van der Waals surface area contributed by atoms with Gasteiger partial charge in [0.2, 0.25) is 0 Å². The Bertz CT molecular complexity index is 611. The maximum Gasteiger partial charge on any atom is 0.308 e. The fraction of sp³-hybridized carbons (Fsp3) is 0.412. The maximum absolute atomic E-state index is 11.0. The molecular formula is C17H21NO2S. The van der Waals surface area contributed by atoms with Crippen LogP contribution in [0.25, 0.3) is 0 Å². The van der Waals surface area contributed by atoms with Crippen molar-refractivity contribution in [3.8, 4) is 0 Å². The van der Waals surface area contributed by atoms with Gasteiger partial charge < -0.3 is 5.11 Å². The van der Waals surface area contributed by atoms with E-state index >= 15 is 0 Å². The number of aliphatic carboxylic acids is 1. The average molecular weight is 303 g/mol. The molecule has 1 N–H and O–H groups in total. The Morgan fingerprint density at radius 3 is 2.43 bits per heavy atom. The van der Waals surface area contributed by atoms with Crippen molar-refractivity contribution in [2.45, 2.75) is 45.4 Å². The summed E-state index contributed by atoms with van der Waals surface area (Å²) in [5.74, 6) is -0.793. The van der Waals surface area contributed by atoms with E-state index in [1.807, 2.05) is 18.2 Å². The van der Waals surface area contributed by atoms with Crippen LogP contribution in [-0.2, 0) is 29.5 Å². The molecule has 4 heteroatoms. The van der Waals surface area contributed by atoms with Gasteiger partial charge in [-0.05, 0) is 12.0 Å². The number of carboxylic acids is 1. The summed E-state index contributed by atoms with van der Waals surface area (Å²) in [4.78, 5) is 16.6. The van der Waals surface area contributed by atoms with Crippen molar-refractivity contribution in [3.05, 3.63) is 51.5 Å². The molecule has 0 unspecified atom stereocenters. The second-order valence-corrected chi connectivity index (χ2v) is 7.35. The number of carbonyl (C=O) groups is 1. The molecule has 0 aliphatic heterocycles. The molecule has 0 aliphatic carbocycles. The minimum Gasteiger partial charge on any atom is -0.481 e. The largest absolute Gasteiger partial charge is 0.481 e. The first kappa shape index (κ1) is 15.7. The van der Waals surface area contributed by atoms with E-state index in [0.29, 0.717) is 0 Å². The molecule has 0 atom stereocenters. The zero-order valence-corrected chi connectivity index (χ0v) is 13.5. The molecule has 1 aromatic carbocycles. The molecule has 1 heterocycles. The average Bonchev–Trinajstić information content (AvgIpc) is 2.80. The van der Waals surface area contributed by atoms with Crippen molar-refractivity contribution in [2.75, 3.05) is 0 Å². The van der Waals surface area contributed by atoms with Crippen LogP contribution in [0.4, 0.5) is 0 Å². The van der Waals surface area contributed by atoms with Gasteiger partial charge in [-0.2, -0.15) is 0 Å². The number of nitrogens with zero attached hydrogens (tertiary/aromatic N) is 1. The van der Waals surface area contributed by atoms with E-state index in [1.54, 1.807) is 11.3 Å². The number of carboxylic acid groups (broad SMARTS) is 1. The summed E-state index contributed by atoms with van der Waals surface area (Å²) in [6, 6.07) is 10.3. The minimum absolute atomic E-state index is 0.0651. The molecule has 0 radical (unpaired) electrons. The van der Waals surface area contributed by atoms with E-state index in [4.69, 9.17) is 10.1 Å². The van der Waals surface area contributed by atoms with Crippen LogP contribution in [0.3, 0.4) is 0 Å². The third-order valence-electron chi connectivity index (χ3n) is 3.23. The molecule has 1 aromatic heterocycles. The fourth-order valence-corrected chi connectivity index (χ4v) is 3.52. The van der Waals surface area contributed by atoms with Gasteiger partial charge in [-0.3, -0.25) is 4.79 Å². The van der Waals surface area contributed by atoms with E-state index in [1.165, 1.54) is 5.56 Å². The number of benzene rings is 1. The number of hydrogen-bond acceptors (Lipinski definition) is 3. The van der Waals surface area contributed by atoms with E-state index in [-0.39, 0.29) is 11.8 Å². The molecule has 0 aliphatic rings. The minimum atomic E-state index is -0.793. The summed E-state index contributed by atoms with van der Waals surface area (Å²) in [7, 11) is 0. The number of rotatable bonds is 5. The maximum atomic E-state index is 11.0. The second kappa shape index (κ2) is 6.39. The molecular weight excluding hydrogens is 282 g/mol. The van der Waals surface area contributed by atoms with Crippen molar-refractivity contribution in [1.82, 2.24) is 4.98 Å². The molecule has 2 rings (SSSR count). The van der Waals surface area contributed by atoms with Gasteiger partial charge >= 0.3 is 5.97 Å². The summed E-state index contributed by atoms with van der Waals surface area (Å²) >= 11 is 1.54. The smallest absolute Gasteiger partial charge is 0.308 e. The van der Waals surface area contributed by atoms with Gasteiger partial charge in [-0.25, -0.2) is 4.98 Å². The fourth-order valence-electron chi connectivity index (χ4n) is 2.25. The highest BCUT2D eigenvalue weighted by molar-refractivity contribution is 7.11. The highest BCUT2D eigenvalue weighted by Gasteiger charge is 2.24. The Kier molecular flexibility index (Phi) is 4.78. The molecule has 21 heavy (non-hydrogen) atoms. The third kappa shape index (κ3) is 4.39. The van der Waals surface area contributed by atoms with Gasteiger partial charge in [0.15, 0.2) is 0 Å². The van der Waals surface area contributed by atoms with Crippen molar-refractivity contribution < 1.29 is 9.90 Å². The van der Waals surface area contributed by atoms with E-state index in [9.17, 15) is 4.79 Å². The topological polar surface area (TPSA) is 50.2 Å². The molecule has 0 saturated heterocycles. The van der Waals surface area contributed by atoms with Crippen molar-refractivity contribution >= 4 is 17.3 Å². The molecule has 3 nitrogen and oxygen atoms in total. The monoisotopic (exact) mass is 303 g/mol. The van der Waals surface area contributed by atoms with E-state index in [2.05, 4.69) is 32.9 Å². The van der Waals surface area contributed by atoms with Gasteiger partial charge in [-0.1, -0.05) is 51.1 Å². The quantitative estimate of drug-likeness (QED) is 0.912. The molecule has 112 valence electrons. The predicted octanol–water partition coefficient (Wildman–Crippen LogP) is 3.85. The number of thiazole rings is 1. The van der Waals surface area contributed by atoms with E-state index < -0.39 is 5.97 Å². The van der Waals surface area contributed by atoms with Crippen LogP contribution in [0, 0.1) is 0 Å². The zero-order valence-electron chi connectivity index (χ0n) is 12.7. The Morgan fingerprint density at radius 1 is 1.19 bits per heavy atom. The summed E-state index contributed by atoms with van der Waals surface area (Å²) in [6.45, 7) is 6.23. The van der Waals surface area contributed by atoms with Crippen LogP contribution in [0.15, 0.2) is 30.3 Å². The first-order chi connectivity index (χ1) is 9.86. The van der Waals surface area contributed by atoms with Crippen LogP contribution >= 0.6 is 11.3 Å². The van der Waals surface area contributed by atoms with Crippen LogP contribution < -0.4 is 0 Å². The normalized spacial score (nSPS) is 11.6. The predicted molar refractivity (Wildman–Crippen MR) is 86.0 cm³/mol. The van der Waals surface area contributed by atoms with E-state index in [0.717, 1.165) is 28.4 Å². The van der Waals surface area contributed by atoms with Crippen LogP contribution in [-0.4, -0.2) is 16.1 Å². The van der Waals surface area contributed by atoms with Crippen LogP contribution in [0.5, 0.6) is 0 Å². The molecule has 0 bridgehead atoms. The molecule has 2 aromatic rings. The molecule has 0 amide bonds. The Labute approximate surface area is 129 Å². The van der Waals surface area contributed by atoms with Gasteiger partial charge in [-0.15, -0.1) is 11.3 Å². The first-order valence-corrected chi connectivity index (χ1v) is 7.92. The second-order valence-electron chi connectivity index (χ2n) is 6.19. The van der Waals surface area contributed by atoms with Crippen molar-refractivity contribution in [1.29, 1.82) is 0 Å². The lowest BCUT2D eigenvalue weighted by molar-refractivity contribution is -0.136. The zero-order chi connectivity index (χ0) is 15.5.